The number of fused-ring (bicyclic) bond motifs is 1. The highest BCUT2D eigenvalue weighted by Crippen LogP contribution is 2.50. The van der Waals surface area contributed by atoms with Crippen molar-refractivity contribution in [2.24, 2.45) is 4.99 Å². The number of ether oxygens (including phenoxy) is 1. The van der Waals surface area contributed by atoms with Crippen LogP contribution in [0.4, 0.5) is 5.69 Å². The second kappa shape index (κ2) is 8.66. The number of nitrogens with zero attached hydrogens (tertiary/aromatic N) is 4. The van der Waals surface area contributed by atoms with Gasteiger partial charge in [0.1, 0.15) is 11.8 Å². The third-order valence-corrected chi connectivity index (χ3v) is 7.12. The third kappa shape index (κ3) is 3.59. The molecule has 0 saturated carbocycles. The maximum absolute atomic E-state index is 5.91. The van der Waals surface area contributed by atoms with Gasteiger partial charge in [0.05, 0.1) is 18.8 Å². The molecular weight excluding hydrogens is 380 g/mol. The predicted molar refractivity (Wildman–Crippen MR) is 122 cm³/mol. The van der Waals surface area contributed by atoms with Gasteiger partial charge in [0, 0.05) is 48.4 Å². The highest BCUT2D eigenvalue weighted by atomic mass is 32.2. The van der Waals surface area contributed by atoms with Crippen LogP contribution >= 0.6 is 11.8 Å². The number of rotatable bonds is 7. The molecule has 0 bridgehead atoms. The summed E-state index contributed by atoms with van der Waals surface area (Å²) in [5.74, 6) is 2.03. The van der Waals surface area contributed by atoms with Crippen LogP contribution in [-0.4, -0.2) is 47.0 Å². The number of aromatic nitrogens is 1. The summed E-state index contributed by atoms with van der Waals surface area (Å²) in [5, 5.41) is 1.15. The van der Waals surface area contributed by atoms with Gasteiger partial charge in [0.2, 0.25) is 0 Å². The quantitative estimate of drug-likeness (QED) is 0.648. The van der Waals surface area contributed by atoms with Gasteiger partial charge in [0.15, 0.2) is 5.17 Å². The van der Waals surface area contributed by atoms with E-state index >= 15 is 0 Å². The number of hydrogen-bond donors (Lipinski definition) is 0. The lowest BCUT2D eigenvalue weighted by molar-refractivity contribution is 0.249. The molecule has 29 heavy (non-hydrogen) atoms. The number of thioether (sulfide) groups is 1. The van der Waals surface area contributed by atoms with Gasteiger partial charge in [0.25, 0.3) is 0 Å². The summed E-state index contributed by atoms with van der Waals surface area (Å²) >= 11 is 1.87. The van der Waals surface area contributed by atoms with Crippen LogP contribution in [0.15, 0.2) is 47.6 Å². The van der Waals surface area contributed by atoms with Crippen LogP contribution < -0.4 is 9.64 Å². The molecule has 1 saturated heterocycles. The van der Waals surface area contributed by atoms with Gasteiger partial charge in [-0.3, -0.25) is 9.98 Å². The molecule has 5 nitrogen and oxygen atoms in total. The van der Waals surface area contributed by atoms with E-state index in [0.29, 0.717) is 6.04 Å². The molecule has 6 heteroatoms. The first kappa shape index (κ1) is 20.1. The summed E-state index contributed by atoms with van der Waals surface area (Å²) in [6.07, 6.45) is 2.97. The van der Waals surface area contributed by atoms with Crippen molar-refractivity contribution in [3.05, 3.63) is 53.9 Å². The van der Waals surface area contributed by atoms with Crippen molar-refractivity contribution in [1.29, 1.82) is 0 Å². The average Bonchev–Trinajstić information content (AvgIpc) is 3.34. The van der Waals surface area contributed by atoms with E-state index in [0.717, 1.165) is 41.9 Å². The van der Waals surface area contributed by atoms with E-state index in [1.807, 2.05) is 30.1 Å². The lowest BCUT2D eigenvalue weighted by Gasteiger charge is -2.33. The Labute approximate surface area is 178 Å². The zero-order valence-corrected chi connectivity index (χ0v) is 18.5. The molecule has 2 aliphatic rings. The smallest absolute Gasteiger partial charge is 0.160 e. The van der Waals surface area contributed by atoms with Crippen molar-refractivity contribution >= 4 is 22.6 Å². The predicted octanol–water partition coefficient (Wildman–Crippen LogP) is 4.92. The summed E-state index contributed by atoms with van der Waals surface area (Å²) in [6, 6.07) is 13.3. The molecule has 1 fully saturated rings. The van der Waals surface area contributed by atoms with Gasteiger partial charge in [-0.2, -0.15) is 0 Å². The molecule has 3 heterocycles. The largest absolute Gasteiger partial charge is 0.496 e. The monoisotopic (exact) mass is 410 g/mol. The molecule has 1 aromatic carbocycles. The maximum atomic E-state index is 5.91. The number of hydrogen-bond acceptors (Lipinski definition) is 6. The summed E-state index contributed by atoms with van der Waals surface area (Å²) in [4.78, 5) is 14.6. The molecule has 0 amide bonds. The Morgan fingerprint density at radius 3 is 2.66 bits per heavy atom. The number of methoxy groups -OCH3 is 1. The Morgan fingerprint density at radius 1 is 1.17 bits per heavy atom. The fourth-order valence-corrected chi connectivity index (χ4v) is 5.75. The Bertz CT molecular complexity index is 868. The average molecular weight is 411 g/mol. The molecule has 2 aliphatic heterocycles. The molecule has 0 aliphatic carbocycles. The van der Waals surface area contributed by atoms with E-state index in [2.05, 4.69) is 59.8 Å². The number of benzene rings is 1. The SMILES string of the molecule is CC[C@@H]1CSC2=N[C@@H](c3ccccn3)[C@@H](c3ccc(N(CC)CC)cc3OC)N21. The lowest BCUT2D eigenvalue weighted by atomic mass is 9.94. The minimum absolute atomic E-state index is 0.0127. The van der Waals surface area contributed by atoms with Gasteiger partial charge in [-0.25, -0.2) is 0 Å². The fraction of sp³-hybridized carbons (Fsp3) is 0.478. The Morgan fingerprint density at radius 2 is 2.00 bits per heavy atom. The Hall–Kier alpha value is -2.21. The Balaban J connectivity index is 1.79. The number of pyridine rings is 1. The van der Waals surface area contributed by atoms with Crippen LogP contribution in [0.2, 0.25) is 0 Å². The van der Waals surface area contributed by atoms with Crippen LogP contribution in [0, 0.1) is 0 Å². The molecule has 4 rings (SSSR count). The van der Waals surface area contributed by atoms with Crippen LogP contribution in [0.5, 0.6) is 5.75 Å². The molecule has 0 radical (unpaired) electrons. The maximum Gasteiger partial charge on any atom is 0.160 e. The zero-order chi connectivity index (χ0) is 20.4. The molecule has 1 aromatic heterocycles. The molecular formula is C23H30N4OS. The summed E-state index contributed by atoms with van der Waals surface area (Å²) < 4.78 is 5.91. The first-order valence-electron chi connectivity index (χ1n) is 10.5. The minimum atomic E-state index is -0.0127. The second-order valence-electron chi connectivity index (χ2n) is 7.43. The first-order chi connectivity index (χ1) is 14.2. The first-order valence-corrected chi connectivity index (χ1v) is 11.5. The van der Waals surface area contributed by atoms with Crippen molar-refractivity contribution < 1.29 is 4.74 Å². The van der Waals surface area contributed by atoms with Crippen LogP contribution in [-0.2, 0) is 0 Å². The van der Waals surface area contributed by atoms with Crippen LogP contribution in [0.1, 0.15) is 50.5 Å². The van der Waals surface area contributed by atoms with Crippen molar-refractivity contribution in [3.8, 4) is 5.75 Å². The standard InChI is InChI=1S/C23H30N4OS/c1-5-16-15-29-23-25-21(19-10-8-9-13-24-19)22(27(16)23)18-12-11-17(14-20(18)28-4)26(6-2)7-3/h8-14,16,21-22H,5-7,15H2,1-4H3/t16-,21+,22-/m1/s1. The minimum Gasteiger partial charge on any atom is -0.496 e. The van der Waals surface area contributed by atoms with E-state index in [1.165, 1.54) is 11.3 Å². The topological polar surface area (TPSA) is 41.0 Å². The van der Waals surface area contributed by atoms with E-state index in [1.54, 1.807) is 7.11 Å². The van der Waals surface area contributed by atoms with Crippen molar-refractivity contribution in [2.75, 3.05) is 30.9 Å². The second-order valence-corrected chi connectivity index (χ2v) is 8.42. The van der Waals surface area contributed by atoms with Gasteiger partial charge >= 0.3 is 0 Å². The molecule has 154 valence electrons. The van der Waals surface area contributed by atoms with Gasteiger partial charge < -0.3 is 14.5 Å². The molecule has 3 atom stereocenters. The summed E-state index contributed by atoms with van der Waals surface area (Å²) in [7, 11) is 1.77. The Kier molecular flexibility index (Phi) is 5.99. The molecule has 0 unspecified atom stereocenters. The highest BCUT2D eigenvalue weighted by molar-refractivity contribution is 8.14. The highest BCUT2D eigenvalue weighted by Gasteiger charge is 2.46. The molecule has 0 spiro atoms. The van der Waals surface area contributed by atoms with Crippen LogP contribution in [0.25, 0.3) is 0 Å². The van der Waals surface area contributed by atoms with Crippen LogP contribution in [0.3, 0.4) is 0 Å². The van der Waals surface area contributed by atoms with Gasteiger partial charge in [-0.1, -0.05) is 30.8 Å². The van der Waals surface area contributed by atoms with Crippen molar-refractivity contribution in [1.82, 2.24) is 9.88 Å². The van der Waals surface area contributed by atoms with Crippen molar-refractivity contribution in [2.45, 2.75) is 45.3 Å². The van der Waals surface area contributed by atoms with E-state index in [9.17, 15) is 0 Å². The van der Waals surface area contributed by atoms with Gasteiger partial charge in [-0.05, 0) is 38.5 Å². The zero-order valence-electron chi connectivity index (χ0n) is 17.7. The third-order valence-electron chi connectivity index (χ3n) is 5.99. The summed E-state index contributed by atoms with van der Waals surface area (Å²) in [5.41, 5.74) is 3.41. The number of anilines is 1. The van der Waals surface area contributed by atoms with E-state index < -0.39 is 0 Å². The molecule has 2 aromatic rings. The normalized spacial score (nSPS) is 23.1. The van der Waals surface area contributed by atoms with Crippen molar-refractivity contribution in [3.63, 3.8) is 0 Å². The lowest BCUT2D eigenvalue weighted by Crippen LogP contribution is -2.35. The van der Waals surface area contributed by atoms with E-state index in [-0.39, 0.29) is 12.1 Å². The number of aliphatic imine (C=N–C) groups is 1. The number of amidine groups is 1. The van der Waals surface area contributed by atoms with Gasteiger partial charge in [-0.15, -0.1) is 0 Å². The summed E-state index contributed by atoms with van der Waals surface area (Å²) in [6.45, 7) is 8.59. The fourth-order valence-electron chi connectivity index (χ4n) is 4.42. The van der Waals surface area contributed by atoms with E-state index in [4.69, 9.17) is 9.73 Å². The molecule has 0 N–H and O–H groups in total.